The predicted molar refractivity (Wildman–Crippen MR) is 207 cm³/mol. The number of carbonyl (C=O) groups excluding carboxylic acids is 3. The van der Waals surface area contributed by atoms with Crippen LogP contribution >= 0.6 is 0 Å². The summed E-state index contributed by atoms with van der Waals surface area (Å²) in [6.45, 7) is -1.38. The molecule has 0 spiro atoms. The molecule has 7 unspecified atom stereocenters. The van der Waals surface area contributed by atoms with E-state index in [4.69, 9.17) is 18.9 Å². The Morgan fingerprint density at radius 2 is 1.08 bits per heavy atom. The highest BCUT2D eigenvalue weighted by atomic mass is 16.6. The van der Waals surface area contributed by atoms with Crippen LogP contribution in [0.5, 0.6) is 80.5 Å². The number of benzene rings is 5. The van der Waals surface area contributed by atoms with Crippen molar-refractivity contribution < 1.29 is 115 Å². The summed E-state index contributed by atoms with van der Waals surface area (Å²) in [7, 11) is 0. The van der Waals surface area contributed by atoms with Gasteiger partial charge in [0.2, 0.25) is 17.2 Å². The van der Waals surface area contributed by atoms with Gasteiger partial charge in [0.15, 0.2) is 64.3 Å². The summed E-state index contributed by atoms with van der Waals surface area (Å²) in [6, 6.07) is 4.40. The monoisotopic (exact) mass is 904 g/mol. The summed E-state index contributed by atoms with van der Waals surface area (Å²) in [5, 5.41) is 179. The van der Waals surface area contributed by atoms with Crippen LogP contribution in [-0.4, -0.2) is 137 Å². The third kappa shape index (κ3) is 5.75. The first-order valence-electron chi connectivity index (χ1n) is 19.0. The van der Waals surface area contributed by atoms with Gasteiger partial charge in [-0.25, -0.2) is 14.4 Å². The van der Waals surface area contributed by atoms with E-state index in [-0.39, 0.29) is 11.1 Å². The van der Waals surface area contributed by atoms with Crippen LogP contribution in [0.15, 0.2) is 30.3 Å². The fourth-order valence-corrected chi connectivity index (χ4v) is 8.92. The Kier molecular flexibility index (Phi) is 9.23. The maximum absolute atomic E-state index is 14.9. The van der Waals surface area contributed by atoms with E-state index in [0.29, 0.717) is 12.1 Å². The first-order chi connectivity index (χ1) is 30.7. The van der Waals surface area contributed by atoms with Crippen molar-refractivity contribution in [2.75, 3.05) is 6.61 Å². The Morgan fingerprint density at radius 3 is 1.72 bits per heavy atom. The Labute approximate surface area is 360 Å². The minimum absolute atomic E-state index is 0.0127. The van der Waals surface area contributed by atoms with E-state index in [9.17, 15) is 96.1 Å². The minimum atomic E-state index is -2.61. The minimum Gasteiger partial charge on any atom is -0.507 e. The number of aliphatic hydroxyl groups excluding tert-OH is 3. The Hall–Kier alpha value is -8.41. The van der Waals surface area contributed by atoms with Crippen LogP contribution in [0.4, 0.5) is 0 Å². The average molecular weight is 905 g/mol. The zero-order valence-corrected chi connectivity index (χ0v) is 32.4. The number of carbonyl (C=O) groups is 3. The van der Waals surface area contributed by atoms with Gasteiger partial charge in [-0.15, -0.1) is 0 Å². The van der Waals surface area contributed by atoms with Crippen molar-refractivity contribution in [2.45, 2.75) is 49.0 Å². The molecule has 5 aromatic rings. The largest absolute Gasteiger partial charge is 0.507 e. The topological polar surface area (TPSA) is 412 Å². The lowest BCUT2D eigenvalue weighted by molar-refractivity contribution is -0.130. The van der Waals surface area contributed by atoms with E-state index in [2.05, 4.69) is 0 Å². The van der Waals surface area contributed by atoms with Crippen LogP contribution < -0.4 is 4.74 Å². The molecule has 23 heteroatoms. The second-order valence-corrected chi connectivity index (χ2v) is 15.4. The smallest absolute Gasteiger partial charge is 0.340 e. The van der Waals surface area contributed by atoms with Gasteiger partial charge in [0.1, 0.15) is 29.5 Å². The summed E-state index contributed by atoms with van der Waals surface area (Å²) in [4.78, 5) is 43.5. The van der Waals surface area contributed by atoms with E-state index in [1.54, 1.807) is 0 Å². The van der Waals surface area contributed by atoms with Gasteiger partial charge in [0.05, 0.1) is 35.3 Å². The molecule has 23 nitrogen and oxygen atoms in total. The number of ether oxygens (including phenoxy) is 4. The molecular formula is C42H32O23. The van der Waals surface area contributed by atoms with Crippen LogP contribution in [0.25, 0.3) is 22.3 Å². The van der Waals surface area contributed by atoms with Gasteiger partial charge >= 0.3 is 17.9 Å². The molecule has 5 aromatic carbocycles. The molecule has 0 fully saturated rings. The number of phenols is 13. The molecule has 0 aromatic heterocycles. The molecule has 65 heavy (non-hydrogen) atoms. The zero-order chi connectivity index (χ0) is 47.0. The Balaban J connectivity index is 1.46. The molecule has 7 atom stereocenters. The zero-order valence-electron chi connectivity index (χ0n) is 32.4. The van der Waals surface area contributed by atoms with E-state index in [1.165, 1.54) is 6.07 Å². The van der Waals surface area contributed by atoms with E-state index >= 15 is 0 Å². The maximum atomic E-state index is 14.9. The number of aliphatic hydroxyl groups is 3. The highest BCUT2D eigenvalue weighted by Crippen LogP contribution is 2.64. The maximum Gasteiger partial charge on any atom is 0.340 e. The van der Waals surface area contributed by atoms with Gasteiger partial charge < -0.3 is 101 Å². The van der Waals surface area contributed by atoms with Crippen molar-refractivity contribution in [2.24, 2.45) is 0 Å². The van der Waals surface area contributed by atoms with Crippen molar-refractivity contribution in [3.63, 3.8) is 0 Å². The normalized spacial score (nSPS) is 23.0. The molecular weight excluding hydrogens is 872 g/mol. The molecule has 338 valence electrons. The lowest BCUT2D eigenvalue weighted by atomic mass is 9.73. The van der Waals surface area contributed by atoms with Crippen LogP contribution in [0.3, 0.4) is 0 Å². The van der Waals surface area contributed by atoms with Crippen molar-refractivity contribution in [1.29, 1.82) is 0 Å². The van der Waals surface area contributed by atoms with Gasteiger partial charge in [-0.1, -0.05) is 6.07 Å². The van der Waals surface area contributed by atoms with Crippen molar-refractivity contribution in [1.82, 2.24) is 0 Å². The standard InChI is InChI=1S/C42H32O23/c43-7-17-28(51)39-38-24(19-14(47)6-12(45)9-4-16(49)36(63-37(9)19)8-1-2-11(44)13(46)3-8)23-26(41(60)64-38)22(32(55)35(58)33(23)56)21-25(42(61)65-39)20(30(53)34(57)31(21)54)18-10(40(59)62-17)5-15(48)27(50)29(18)52/h1-3,5-6,16-17,24,28,36,38-39,43-58H,4,7H2. The second kappa shape index (κ2) is 14.3. The number of aromatic hydroxyl groups is 13. The molecule has 0 radical (unpaired) electrons. The SMILES string of the molecule is O=C1OC(CO)C(O)C2OC(=O)c3c(c(O)c(O)c(O)c3-c3c(O)c(O)c(O)c4c3C(=O)OC2C4c2c(O)cc(O)c3c2OC(c2ccc(O)c(O)c2)C(O)C3)-c2c1cc(O)c(O)c2O. The van der Waals surface area contributed by atoms with E-state index in [0.717, 1.165) is 12.1 Å². The number of rotatable bonds is 3. The highest BCUT2D eigenvalue weighted by molar-refractivity contribution is 6.16. The van der Waals surface area contributed by atoms with Gasteiger partial charge in [0, 0.05) is 51.4 Å². The molecule has 4 aliphatic rings. The lowest BCUT2D eigenvalue weighted by Gasteiger charge is -2.43. The summed E-state index contributed by atoms with van der Waals surface area (Å²) in [5.74, 6) is -24.6. The number of fused-ring (bicyclic) bond motifs is 9. The third-order valence-corrected chi connectivity index (χ3v) is 11.9. The van der Waals surface area contributed by atoms with Gasteiger partial charge in [0.25, 0.3) is 0 Å². The molecule has 0 saturated carbocycles. The first-order valence-corrected chi connectivity index (χ1v) is 19.0. The first kappa shape index (κ1) is 41.9. The number of phenolic OH excluding ortho intramolecular Hbond substituents is 13. The lowest BCUT2D eigenvalue weighted by Crippen LogP contribution is -2.54. The molecule has 4 bridgehead atoms. The Bertz CT molecular complexity index is 2980. The van der Waals surface area contributed by atoms with Crippen LogP contribution in [0, 0.1) is 0 Å². The summed E-state index contributed by atoms with van der Waals surface area (Å²) in [6.07, 6.45) is -13.5. The van der Waals surface area contributed by atoms with Gasteiger partial charge in [-0.3, -0.25) is 0 Å². The van der Waals surface area contributed by atoms with Crippen LogP contribution in [0.1, 0.15) is 65.3 Å². The highest BCUT2D eigenvalue weighted by Gasteiger charge is 2.55. The van der Waals surface area contributed by atoms with Crippen LogP contribution in [0.2, 0.25) is 0 Å². The summed E-state index contributed by atoms with van der Waals surface area (Å²) < 4.78 is 23.1. The third-order valence-electron chi connectivity index (χ3n) is 11.9. The summed E-state index contributed by atoms with van der Waals surface area (Å²) in [5.41, 5.74) is -10.4. The quantitative estimate of drug-likeness (QED) is 0.0690. The molecule has 0 amide bonds. The summed E-state index contributed by atoms with van der Waals surface area (Å²) >= 11 is 0. The molecule has 0 saturated heterocycles. The molecule has 0 aliphatic carbocycles. The second-order valence-electron chi connectivity index (χ2n) is 15.4. The van der Waals surface area contributed by atoms with Crippen molar-refractivity contribution >= 4 is 17.9 Å². The average Bonchev–Trinajstić information content (AvgIpc) is 3.27. The van der Waals surface area contributed by atoms with Gasteiger partial charge in [-0.05, 0) is 23.8 Å². The Morgan fingerprint density at radius 1 is 0.492 bits per heavy atom. The van der Waals surface area contributed by atoms with Crippen molar-refractivity contribution in [3.05, 3.63) is 69.3 Å². The fourth-order valence-electron chi connectivity index (χ4n) is 8.92. The molecule has 4 aliphatic heterocycles. The predicted octanol–water partition coefficient (Wildman–Crippen LogP) is 1.33. The number of esters is 3. The number of cyclic esters (lactones) is 1. The van der Waals surface area contributed by atoms with E-state index < -0.39 is 204 Å². The van der Waals surface area contributed by atoms with Crippen LogP contribution in [-0.2, 0) is 20.6 Å². The van der Waals surface area contributed by atoms with Crippen molar-refractivity contribution in [3.8, 4) is 103 Å². The fraction of sp³-hybridized carbons (Fsp3) is 0.214. The molecule has 9 rings (SSSR count). The molecule has 4 heterocycles. The van der Waals surface area contributed by atoms with Gasteiger partial charge in [-0.2, -0.15) is 0 Å². The van der Waals surface area contributed by atoms with E-state index in [1.807, 2.05) is 0 Å². The number of hydrogen-bond acceptors (Lipinski definition) is 23. The molecule has 16 N–H and O–H groups in total. The number of hydrogen-bond donors (Lipinski definition) is 16.